The number of hydrogen-bond donors (Lipinski definition) is 1. The third-order valence-electron chi connectivity index (χ3n) is 5.06. The molecule has 142 valence electrons. The zero-order valence-corrected chi connectivity index (χ0v) is 15.9. The van der Waals surface area contributed by atoms with Crippen LogP contribution in [0, 0.1) is 0 Å². The van der Waals surface area contributed by atoms with Crippen molar-refractivity contribution in [2.75, 3.05) is 26.3 Å². The first-order valence-electron chi connectivity index (χ1n) is 9.34. The van der Waals surface area contributed by atoms with Crippen molar-refractivity contribution in [3.63, 3.8) is 0 Å². The van der Waals surface area contributed by atoms with E-state index in [0.29, 0.717) is 31.3 Å². The summed E-state index contributed by atoms with van der Waals surface area (Å²) in [5.41, 5.74) is 2.22. The molecular weight excluding hydrogens is 364 g/mol. The van der Waals surface area contributed by atoms with Crippen LogP contribution in [-0.2, 0) is 11.3 Å². The van der Waals surface area contributed by atoms with E-state index in [1.54, 1.807) is 0 Å². The maximum atomic E-state index is 12.4. The van der Waals surface area contributed by atoms with Gasteiger partial charge in [0.05, 0.1) is 6.54 Å². The summed E-state index contributed by atoms with van der Waals surface area (Å²) in [7, 11) is 0. The van der Waals surface area contributed by atoms with E-state index in [0.717, 1.165) is 36.4 Å². The lowest BCUT2D eigenvalue weighted by Crippen LogP contribution is -2.36. The van der Waals surface area contributed by atoms with Gasteiger partial charge in [-0.3, -0.25) is 9.69 Å². The highest BCUT2D eigenvalue weighted by Gasteiger charge is 2.28. The van der Waals surface area contributed by atoms with Crippen LogP contribution in [0.1, 0.15) is 30.0 Å². The number of carbonyl (C=O) groups is 1. The summed E-state index contributed by atoms with van der Waals surface area (Å²) in [6, 6.07) is 13.9. The molecule has 1 saturated heterocycles. The highest BCUT2D eigenvalue weighted by Crippen LogP contribution is 2.37. The summed E-state index contributed by atoms with van der Waals surface area (Å²) >= 11 is 5.90. The first-order chi connectivity index (χ1) is 13.2. The second-order valence-corrected chi connectivity index (χ2v) is 7.37. The zero-order valence-electron chi connectivity index (χ0n) is 15.1. The summed E-state index contributed by atoms with van der Waals surface area (Å²) in [5.74, 6) is 1.64. The molecule has 2 heterocycles. The summed E-state index contributed by atoms with van der Waals surface area (Å²) in [6.07, 6.45) is 2.13. The lowest BCUT2D eigenvalue weighted by atomic mass is 10.0. The number of carbonyl (C=O) groups excluding carboxylic acids is 1. The third kappa shape index (κ3) is 4.37. The molecule has 0 bridgehead atoms. The van der Waals surface area contributed by atoms with E-state index in [9.17, 15) is 4.79 Å². The third-order valence-corrected chi connectivity index (χ3v) is 5.32. The van der Waals surface area contributed by atoms with Crippen LogP contribution in [0.15, 0.2) is 42.5 Å². The van der Waals surface area contributed by atoms with E-state index in [4.69, 9.17) is 21.1 Å². The molecule has 2 aliphatic rings. The Labute approximate surface area is 164 Å². The largest absolute Gasteiger partial charge is 0.486 e. The van der Waals surface area contributed by atoms with Crippen LogP contribution in [0.25, 0.3) is 0 Å². The molecule has 0 saturated carbocycles. The van der Waals surface area contributed by atoms with E-state index in [-0.39, 0.29) is 11.9 Å². The average molecular weight is 387 g/mol. The van der Waals surface area contributed by atoms with Crippen molar-refractivity contribution >= 4 is 17.5 Å². The number of hydrogen-bond acceptors (Lipinski definition) is 4. The second-order valence-electron chi connectivity index (χ2n) is 6.93. The van der Waals surface area contributed by atoms with Crippen LogP contribution in [0.5, 0.6) is 11.5 Å². The van der Waals surface area contributed by atoms with Gasteiger partial charge in [-0.05, 0) is 54.8 Å². The smallest absolute Gasteiger partial charge is 0.234 e. The number of nitrogens with one attached hydrogen (secondary N) is 1. The van der Waals surface area contributed by atoms with E-state index in [1.165, 1.54) is 5.56 Å². The van der Waals surface area contributed by atoms with E-state index in [2.05, 4.69) is 22.3 Å². The van der Waals surface area contributed by atoms with Crippen LogP contribution in [-0.4, -0.2) is 37.1 Å². The topological polar surface area (TPSA) is 50.8 Å². The maximum absolute atomic E-state index is 12.4. The number of ether oxygens (including phenoxy) is 2. The van der Waals surface area contributed by atoms with E-state index < -0.39 is 0 Å². The minimum absolute atomic E-state index is 0.0365. The van der Waals surface area contributed by atoms with Crippen LogP contribution in [0.3, 0.4) is 0 Å². The Kier molecular flexibility index (Phi) is 5.50. The molecule has 5 nitrogen and oxygen atoms in total. The van der Waals surface area contributed by atoms with Crippen molar-refractivity contribution in [1.29, 1.82) is 0 Å². The molecule has 1 atom stereocenters. The lowest BCUT2D eigenvalue weighted by molar-refractivity contribution is -0.122. The lowest BCUT2D eigenvalue weighted by Gasteiger charge is -2.26. The molecule has 0 radical (unpaired) electrons. The monoisotopic (exact) mass is 386 g/mol. The zero-order chi connectivity index (χ0) is 18.6. The molecule has 0 unspecified atom stereocenters. The van der Waals surface area contributed by atoms with Crippen LogP contribution >= 0.6 is 11.6 Å². The summed E-state index contributed by atoms with van der Waals surface area (Å²) < 4.78 is 11.3. The number of halogens is 1. The molecule has 2 aliphatic heterocycles. The number of fused-ring (bicyclic) bond motifs is 1. The maximum Gasteiger partial charge on any atom is 0.234 e. The molecule has 1 amide bonds. The quantitative estimate of drug-likeness (QED) is 0.853. The van der Waals surface area contributed by atoms with Gasteiger partial charge in [-0.25, -0.2) is 0 Å². The number of nitrogens with zero attached hydrogens (tertiary/aromatic N) is 1. The van der Waals surface area contributed by atoms with Gasteiger partial charge in [-0.1, -0.05) is 29.8 Å². The van der Waals surface area contributed by atoms with Gasteiger partial charge in [-0.2, -0.15) is 0 Å². The average Bonchev–Trinajstić information content (AvgIpc) is 3.15. The minimum atomic E-state index is 0.0365. The Morgan fingerprint density at radius 3 is 2.70 bits per heavy atom. The molecular formula is C21H23ClN2O3. The van der Waals surface area contributed by atoms with Crippen LogP contribution in [0.4, 0.5) is 0 Å². The second kappa shape index (κ2) is 8.19. The molecule has 2 aromatic rings. The molecule has 0 aliphatic carbocycles. The fourth-order valence-electron chi connectivity index (χ4n) is 3.70. The Balaban J connectivity index is 1.36. The van der Waals surface area contributed by atoms with Gasteiger partial charge in [0.1, 0.15) is 13.2 Å². The van der Waals surface area contributed by atoms with Gasteiger partial charge >= 0.3 is 0 Å². The predicted octanol–water partition coefficient (Wildman–Crippen LogP) is 3.56. The molecule has 2 aromatic carbocycles. The molecule has 27 heavy (non-hydrogen) atoms. The first kappa shape index (κ1) is 18.1. The standard InChI is InChI=1S/C21H23ClN2O3/c22-17-6-3-15(4-7-17)13-23-21(25)14-24-9-1-2-18(24)16-5-8-19-20(12-16)27-11-10-26-19/h3-8,12,18H,1-2,9-11,13-14H2,(H,23,25)/t18-/m0/s1. The van der Waals surface area contributed by atoms with Crippen molar-refractivity contribution in [3.8, 4) is 11.5 Å². The minimum Gasteiger partial charge on any atom is -0.486 e. The van der Waals surface area contributed by atoms with Crippen LogP contribution in [0.2, 0.25) is 5.02 Å². The van der Waals surface area contributed by atoms with Crippen molar-refractivity contribution < 1.29 is 14.3 Å². The Morgan fingerprint density at radius 2 is 1.89 bits per heavy atom. The van der Waals surface area contributed by atoms with Gasteiger partial charge < -0.3 is 14.8 Å². The highest BCUT2D eigenvalue weighted by atomic mass is 35.5. The molecule has 6 heteroatoms. The Bertz CT molecular complexity index is 810. The van der Waals surface area contributed by atoms with E-state index in [1.807, 2.05) is 30.3 Å². The number of rotatable bonds is 5. The van der Waals surface area contributed by atoms with Crippen molar-refractivity contribution in [3.05, 3.63) is 58.6 Å². The van der Waals surface area contributed by atoms with Crippen LogP contribution < -0.4 is 14.8 Å². The van der Waals surface area contributed by atoms with Crippen molar-refractivity contribution in [2.24, 2.45) is 0 Å². The highest BCUT2D eigenvalue weighted by molar-refractivity contribution is 6.30. The normalized spacial score (nSPS) is 19.1. The number of amides is 1. The van der Waals surface area contributed by atoms with Gasteiger partial charge in [-0.15, -0.1) is 0 Å². The Hall–Kier alpha value is -2.24. The van der Waals surface area contributed by atoms with Crippen molar-refractivity contribution in [1.82, 2.24) is 10.2 Å². The number of likely N-dealkylation sites (tertiary alicyclic amines) is 1. The summed E-state index contributed by atoms with van der Waals surface area (Å²) in [4.78, 5) is 14.7. The summed E-state index contributed by atoms with van der Waals surface area (Å²) in [5, 5.41) is 3.70. The molecule has 0 spiro atoms. The molecule has 1 N–H and O–H groups in total. The Morgan fingerprint density at radius 1 is 1.11 bits per heavy atom. The van der Waals surface area contributed by atoms with E-state index >= 15 is 0 Å². The van der Waals surface area contributed by atoms with Gasteiger partial charge in [0, 0.05) is 17.6 Å². The van der Waals surface area contributed by atoms with Crippen molar-refractivity contribution in [2.45, 2.75) is 25.4 Å². The molecule has 0 aromatic heterocycles. The first-order valence-corrected chi connectivity index (χ1v) is 9.71. The molecule has 4 rings (SSSR count). The fourth-order valence-corrected chi connectivity index (χ4v) is 3.83. The predicted molar refractivity (Wildman–Crippen MR) is 104 cm³/mol. The van der Waals surface area contributed by atoms with Gasteiger partial charge in [0.2, 0.25) is 5.91 Å². The van der Waals surface area contributed by atoms with Gasteiger partial charge in [0.25, 0.3) is 0 Å². The van der Waals surface area contributed by atoms with Gasteiger partial charge in [0.15, 0.2) is 11.5 Å². The fraction of sp³-hybridized carbons (Fsp3) is 0.381. The number of benzene rings is 2. The SMILES string of the molecule is O=C(CN1CCC[C@H]1c1ccc2c(c1)OCCO2)NCc1ccc(Cl)cc1. The summed E-state index contributed by atoms with van der Waals surface area (Å²) in [6.45, 7) is 3.01. The molecule has 1 fully saturated rings.